The van der Waals surface area contributed by atoms with E-state index < -0.39 is 11.5 Å². The first-order valence-corrected chi connectivity index (χ1v) is 6.10. The molecule has 0 unspecified atom stereocenters. The van der Waals surface area contributed by atoms with Gasteiger partial charge < -0.3 is 10.5 Å². The molecule has 0 radical (unpaired) electrons. The van der Waals surface area contributed by atoms with Crippen molar-refractivity contribution in [1.82, 2.24) is 0 Å². The van der Waals surface area contributed by atoms with Gasteiger partial charge in [0.25, 0.3) is 0 Å². The van der Waals surface area contributed by atoms with E-state index in [0.29, 0.717) is 24.3 Å². The van der Waals surface area contributed by atoms with Gasteiger partial charge in [0.2, 0.25) is 5.39 Å². The van der Waals surface area contributed by atoms with Crippen LogP contribution in [0.25, 0.3) is 4.98 Å². The van der Waals surface area contributed by atoms with Crippen LogP contribution in [0.1, 0.15) is 32.1 Å². The summed E-state index contributed by atoms with van der Waals surface area (Å²) in [7, 11) is 0. The van der Waals surface area contributed by atoms with Crippen molar-refractivity contribution in [3.05, 3.63) is 29.2 Å². The Morgan fingerprint density at radius 2 is 1.83 bits per heavy atom. The molecular formula is C13H16N3O2+. The van der Waals surface area contributed by atoms with E-state index in [4.69, 9.17) is 15.9 Å². The number of ether oxygens (including phenoxy) is 1. The molecule has 0 atom stereocenters. The van der Waals surface area contributed by atoms with Gasteiger partial charge in [0.15, 0.2) is 0 Å². The molecule has 2 rings (SSSR count). The summed E-state index contributed by atoms with van der Waals surface area (Å²) in [5.74, 6) is -0.0720. The predicted octanol–water partition coefficient (Wildman–Crippen LogP) is 2.73. The highest BCUT2D eigenvalue weighted by Crippen LogP contribution is 2.33. The van der Waals surface area contributed by atoms with Crippen molar-refractivity contribution < 1.29 is 9.53 Å². The molecule has 1 aliphatic rings. The number of diazo groups is 1. The maximum atomic E-state index is 12.1. The molecule has 1 aliphatic carbocycles. The molecule has 1 aromatic rings. The van der Waals surface area contributed by atoms with Gasteiger partial charge >= 0.3 is 11.5 Å². The van der Waals surface area contributed by atoms with Crippen molar-refractivity contribution >= 4 is 11.7 Å². The monoisotopic (exact) mass is 246 g/mol. The third kappa shape index (κ3) is 2.43. The number of benzene rings is 1. The van der Waals surface area contributed by atoms with E-state index in [1.165, 1.54) is 0 Å². The first-order valence-electron chi connectivity index (χ1n) is 6.10. The highest BCUT2D eigenvalue weighted by molar-refractivity contribution is 5.85. The van der Waals surface area contributed by atoms with Gasteiger partial charge in [-0.1, -0.05) is 6.42 Å². The smallest absolute Gasteiger partial charge is 0.416 e. The summed E-state index contributed by atoms with van der Waals surface area (Å²) in [5.41, 5.74) is 5.08. The number of hydrogen-bond donors (Lipinski definition) is 1. The first-order chi connectivity index (χ1) is 8.66. The highest BCUT2D eigenvalue weighted by Gasteiger charge is 2.55. The quantitative estimate of drug-likeness (QED) is 0.376. The number of nitrogens with two attached hydrogens (primary N) is 1. The van der Waals surface area contributed by atoms with Gasteiger partial charge in [0.05, 0.1) is 0 Å². The van der Waals surface area contributed by atoms with Crippen LogP contribution in [0.3, 0.4) is 0 Å². The molecule has 0 bridgehead atoms. The second-order valence-corrected chi connectivity index (χ2v) is 4.65. The van der Waals surface area contributed by atoms with Gasteiger partial charge in [-0.2, -0.15) is 0 Å². The SMILES string of the molecule is N#[N+]C1(C(=O)Oc2ccc(N)cc2)CCCCC1. The Hall–Kier alpha value is -2.09. The number of carbonyl (C=O) groups is 1. The van der Waals surface area contributed by atoms with Crippen molar-refractivity contribution in [3.63, 3.8) is 0 Å². The van der Waals surface area contributed by atoms with E-state index in [9.17, 15) is 4.79 Å². The van der Waals surface area contributed by atoms with E-state index in [2.05, 4.69) is 4.98 Å². The van der Waals surface area contributed by atoms with Crippen LogP contribution in [0.15, 0.2) is 24.3 Å². The van der Waals surface area contributed by atoms with Crippen LogP contribution < -0.4 is 10.5 Å². The molecule has 1 saturated carbocycles. The molecule has 0 amide bonds. The van der Waals surface area contributed by atoms with Crippen molar-refractivity contribution in [2.75, 3.05) is 5.73 Å². The maximum Gasteiger partial charge on any atom is 0.416 e. The number of anilines is 1. The highest BCUT2D eigenvalue weighted by atomic mass is 16.5. The molecule has 0 heterocycles. The zero-order valence-corrected chi connectivity index (χ0v) is 10.1. The first kappa shape index (κ1) is 12.4. The van der Waals surface area contributed by atoms with Crippen molar-refractivity contribution in [1.29, 1.82) is 5.39 Å². The van der Waals surface area contributed by atoms with E-state index in [-0.39, 0.29) is 0 Å². The summed E-state index contributed by atoms with van der Waals surface area (Å²) < 4.78 is 5.25. The average Bonchev–Trinajstić information content (AvgIpc) is 2.42. The molecule has 18 heavy (non-hydrogen) atoms. The Balaban J connectivity index is 2.11. The fraction of sp³-hybridized carbons (Fsp3) is 0.462. The minimum Gasteiger partial charge on any atom is -0.420 e. The molecule has 0 aromatic heterocycles. The molecular weight excluding hydrogens is 230 g/mol. The second-order valence-electron chi connectivity index (χ2n) is 4.65. The molecule has 1 fully saturated rings. The van der Waals surface area contributed by atoms with E-state index in [1.54, 1.807) is 24.3 Å². The largest absolute Gasteiger partial charge is 0.420 e. The van der Waals surface area contributed by atoms with Gasteiger partial charge in [0, 0.05) is 18.5 Å². The Morgan fingerprint density at radius 1 is 1.22 bits per heavy atom. The maximum absolute atomic E-state index is 12.1. The molecule has 5 heteroatoms. The van der Waals surface area contributed by atoms with Crippen LogP contribution in [0.4, 0.5) is 5.69 Å². The summed E-state index contributed by atoms with van der Waals surface area (Å²) in [5, 5.41) is 9.14. The van der Waals surface area contributed by atoms with Crippen molar-refractivity contribution in [2.24, 2.45) is 0 Å². The molecule has 2 N–H and O–H groups in total. The van der Waals surface area contributed by atoms with Crippen molar-refractivity contribution in [3.8, 4) is 5.75 Å². The second kappa shape index (κ2) is 5.05. The Bertz CT molecular complexity index is 470. The van der Waals surface area contributed by atoms with Crippen LogP contribution in [0.2, 0.25) is 0 Å². The lowest BCUT2D eigenvalue weighted by Crippen LogP contribution is -2.40. The van der Waals surface area contributed by atoms with Gasteiger partial charge in [-0.15, -0.1) is 0 Å². The van der Waals surface area contributed by atoms with Crippen LogP contribution in [-0.4, -0.2) is 11.5 Å². The molecule has 1 aromatic carbocycles. The molecule has 0 aliphatic heterocycles. The zero-order chi connectivity index (χ0) is 13.0. The topological polar surface area (TPSA) is 80.5 Å². The fourth-order valence-electron chi connectivity index (χ4n) is 2.22. The number of hydrogen-bond acceptors (Lipinski definition) is 4. The Morgan fingerprint density at radius 3 is 2.39 bits per heavy atom. The minimum absolute atomic E-state index is 0.419. The third-order valence-corrected chi connectivity index (χ3v) is 3.34. The van der Waals surface area contributed by atoms with Gasteiger partial charge in [-0.3, -0.25) is 0 Å². The van der Waals surface area contributed by atoms with E-state index in [0.717, 1.165) is 19.3 Å². The number of nitrogen functional groups attached to an aromatic ring is 1. The summed E-state index contributed by atoms with van der Waals surface area (Å²) in [4.78, 5) is 15.4. The zero-order valence-electron chi connectivity index (χ0n) is 10.1. The number of carbonyl (C=O) groups excluding carboxylic acids is 1. The lowest BCUT2D eigenvalue weighted by molar-refractivity contribution is -0.140. The lowest BCUT2D eigenvalue weighted by Gasteiger charge is -2.18. The van der Waals surface area contributed by atoms with Crippen LogP contribution >= 0.6 is 0 Å². The summed E-state index contributed by atoms with van der Waals surface area (Å²) in [6, 6.07) is 6.57. The van der Waals surface area contributed by atoms with Crippen LogP contribution in [-0.2, 0) is 4.79 Å². The van der Waals surface area contributed by atoms with Gasteiger partial charge in [-0.05, 0) is 37.1 Å². The summed E-state index contributed by atoms with van der Waals surface area (Å²) in [6.45, 7) is 0. The Kier molecular flexibility index (Phi) is 3.47. The normalized spacial score (nSPS) is 17.7. The van der Waals surface area contributed by atoms with Gasteiger partial charge in [0.1, 0.15) is 10.7 Å². The van der Waals surface area contributed by atoms with Crippen molar-refractivity contribution in [2.45, 2.75) is 37.6 Å². The predicted molar refractivity (Wildman–Crippen MR) is 67.4 cm³/mol. The van der Waals surface area contributed by atoms with E-state index in [1.807, 2.05) is 0 Å². The minimum atomic E-state index is -1.08. The van der Waals surface area contributed by atoms with Crippen LogP contribution in [0.5, 0.6) is 5.75 Å². The lowest BCUT2D eigenvalue weighted by atomic mass is 9.82. The molecule has 94 valence electrons. The summed E-state index contributed by atoms with van der Waals surface area (Å²) >= 11 is 0. The number of esters is 1. The van der Waals surface area contributed by atoms with E-state index >= 15 is 0 Å². The van der Waals surface area contributed by atoms with Gasteiger partial charge in [-0.25, -0.2) is 4.79 Å². The fourth-order valence-corrected chi connectivity index (χ4v) is 2.22. The standard InChI is InChI=1S/C13H16N3O2/c14-10-4-6-11(7-5-10)18-12(17)13(16-15)8-2-1-3-9-13/h4-7H,1-3,8-9,14H2/q+1. The number of rotatable bonds is 2. The molecule has 0 saturated heterocycles. The molecule has 0 spiro atoms. The third-order valence-electron chi connectivity index (χ3n) is 3.34. The van der Waals surface area contributed by atoms with Crippen LogP contribution in [0, 0.1) is 5.39 Å². The number of nitrogens with zero attached hydrogens (tertiary/aromatic N) is 2. The summed E-state index contributed by atoms with van der Waals surface area (Å²) in [6.07, 6.45) is 3.89. The molecule has 5 nitrogen and oxygen atoms in total. The Labute approximate surface area is 106 Å². The average molecular weight is 246 g/mol.